The van der Waals surface area contributed by atoms with Crippen LogP contribution >= 0.6 is 50.1 Å². The normalized spacial score (nSPS) is 15.2. The third-order valence-corrected chi connectivity index (χ3v) is 4.68. The van der Waals surface area contributed by atoms with Crippen LogP contribution in [0.5, 0.6) is 0 Å². The Morgan fingerprint density at radius 3 is 2.71 bits per heavy atom. The fourth-order valence-corrected chi connectivity index (χ4v) is 2.77. The van der Waals surface area contributed by atoms with Gasteiger partial charge in [-0.3, -0.25) is 0 Å². The third kappa shape index (κ3) is 2.37. The summed E-state index contributed by atoms with van der Waals surface area (Å²) in [6.45, 7) is 0. The van der Waals surface area contributed by atoms with Gasteiger partial charge in [0.15, 0.2) is 16.3 Å². The Balaban J connectivity index is 2.11. The minimum absolute atomic E-state index is 0.505. The lowest BCUT2D eigenvalue weighted by molar-refractivity contribution is 0.550. The Bertz CT molecular complexity index is 583. The van der Waals surface area contributed by atoms with Gasteiger partial charge in [0.05, 0.1) is 9.26 Å². The lowest BCUT2D eigenvalue weighted by Gasteiger charge is -2.05. The van der Waals surface area contributed by atoms with Gasteiger partial charge in [-0.1, -0.05) is 11.6 Å². The maximum Gasteiger partial charge on any atom is 0.197 e. The summed E-state index contributed by atoms with van der Waals surface area (Å²) in [6.07, 6.45) is 2.37. The largest absolute Gasteiger partial charge is 0.446 e. The molecule has 0 bridgehead atoms. The van der Waals surface area contributed by atoms with Crippen LogP contribution in [0.25, 0.3) is 11.6 Å². The molecule has 0 atom stereocenters. The molecule has 2 heterocycles. The summed E-state index contributed by atoms with van der Waals surface area (Å²) in [7, 11) is 0. The summed E-state index contributed by atoms with van der Waals surface area (Å²) < 4.78 is 7.08. The maximum atomic E-state index is 6.14. The second kappa shape index (κ2) is 4.51. The van der Waals surface area contributed by atoms with E-state index in [0.29, 0.717) is 27.3 Å². The monoisotopic (exact) mass is 424 g/mol. The molecule has 0 unspecified atom stereocenters. The summed E-state index contributed by atoms with van der Waals surface area (Å²) in [5, 5.41) is 0.505. The first-order valence-electron chi connectivity index (χ1n) is 5.14. The molecule has 0 N–H and O–H groups in total. The van der Waals surface area contributed by atoms with Crippen molar-refractivity contribution in [2.45, 2.75) is 18.8 Å². The van der Waals surface area contributed by atoms with E-state index in [0.717, 1.165) is 9.26 Å². The number of hydrogen-bond acceptors (Lipinski definition) is 3. The molecule has 17 heavy (non-hydrogen) atoms. The first-order chi connectivity index (χ1) is 8.15. The van der Waals surface area contributed by atoms with Gasteiger partial charge in [-0.25, -0.2) is 9.97 Å². The van der Waals surface area contributed by atoms with Crippen LogP contribution < -0.4 is 0 Å². The van der Waals surface area contributed by atoms with E-state index < -0.39 is 0 Å². The van der Waals surface area contributed by atoms with Crippen molar-refractivity contribution < 1.29 is 4.42 Å². The number of halogens is 3. The number of rotatable bonds is 2. The quantitative estimate of drug-likeness (QED) is 0.520. The Kier molecular flexibility index (Phi) is 3.16. The van der Waals surface area contributed by atoms with E-state index in [4.69, 9.17) is 16.0 Å². The van der Waals surface area contributed by atoms with Crippen molar-refractivity contribution in [1.82, 2.24) is 9.97 Å². The number of furan rings is 1. The first-order valence-corrected chi connectivity index (χ1v) is 7.39. The van der Waals surface area contributed by atoms with Crippen molar-refractivity contribution in [2.75, 3.05) is 0 Å². The highest BCUT2D eigenvalue weighted by molar-refractivity contribution is 14.1. The molecule has 0 spiro atoms. The molecule has 6 heteroatoms. The second-order valence-corrected chi connectivity index (χ2v) is 6.13. The number of hydrogen-bond donors (Lipinski definition) is 0. The summed E-state index contributed by atoms with van der Waals surface area (Å²) in [4.78, 5) is 8.82. The van der Waals surface area contributed by atoms with Gasteiger partial charge in [-0.15, -0.1) is 0 Å². The molecule has 3 nitrogen and oxygen atoms in total. The fourth-order valence-electron chi connectivity index (χ4n) is 1.61. The molecule has 1 aliphatic rings. The Morgan fingerprint density at radius 2 is 2.12 bits per heavy atom. The van der Waals surface area contributed by atoms with Crippen LogP contribution in [0.3, 0.4) is 0 Å². The van der Waals surface area contributed by atoms with Crippen molar-refractivity contribution in [1.29, 1.82) is 0 Å². The van der Waals surface area contributed by atoms with Crippen molar-refractivity contribution in [3.8, 4) is 11.6 Å². The van der Waals surface area contributed by atoms with E-state index >= 15 is 0 Å². The summed E-state index contributed by atoms with van der Waals surface area (Å²) >= 11 is 11.6. The van der Waals surface area contributed by atoms with E-state index in [1.165, 1.54) is 12.8 Å². The van der Waals surface area contributed by atoms with E-state index in [9.17, 15) is 0 Å². The molecule has 0 radical (unpaired) electrons. The lowest BCUT2D eigenvalue weighted by Crippen LogP contribution is -1.98. The molecule has 2 aromatic heterocycles. The predicted molar refractivity (Wildman–Crippen MR) is 77.1 cm³/mol. The van der Waals surface area contributed by atoms with Crippen molar-refractivity contribution in [3.63, 3.8) is 0 Å². The Hall–Kier alpha value is -0.140. The van der Waals surface area contributed by atoms with E-state index in [1.54, 1.807) is 0 Å². The highest BCUT2D eigenvalue weighted by Crippen LogP contribution is 2.42. The molecule has 0 aromatic carbocycles. The predicted octanol–water partition coefficient (Wildman–Crippen LogP) is 4.63. The fraction of sp³-hybridized carbons (Fsp3) is 0.273. The van der Waals surface area contributed by atoms with Crippen LogP contribution in [0.1, 0.15) is 24.5 Å². The van der Waals surface area contributed by atoms with Gasteiger partial charge in [0.1, 0.15) is 5.15 Å². The van der Waals surface area contributed by atoms with Gasteiger partial charge in [-0.05, 0) is 63.5 Å². The first kappa shape index (κ1) is 11.9. The molecule has 1 fully saturated rings. The smallest absolute Gasteiger partial charge is 0.197 e. The summed E-state index contributed by atoms with van der Waals surface area (Å²) in [5.74, 6) is 1.74. The maximum absolute atomic E-state index is 6.14. The molecular formula is C11H7BrClIN2O. The Morgan fingerprint density at radius 1 is 1.35 bits per heavy atom. The highest BCUT2D eigenvalue weighted by atomic mass is 127. The minimum atomic E-state index is 0.505. The average molecular weight is 425 g/mol. The molecule has 1 aliphatic carbocycles. The molecule has 88 valence electrons. The van der Waals surface area contributed by atoms with E-state index in [2.05, 4.69) is 48.5 Å². The topological polar surface area (TPSA) is 38.9 Å². The van der Waals surface area contributed by atoms with Crippen LogP contribution in [0.4, 0.5) is 0 Å². The Labute approximate surface area is 125 Å². The van der Waals surface area contributed by atoms with Crippen LogP contribution in [-0.2, 0) is 0 Å². The van der Waals surface area contributed by atoms with Gasteiger partial charge < -0.3 is 4.42 Å². The molecule has 0 aliphatic heterocycles. The SMILES string of the molecule is Clc1nc(-c2ccc(Br)o2)nc(C2CC2)c1I. The van der Waals surface area contributed by atoms with E-state index in [-0.39, 0.29) is 0 Å². The standard InChI is InChI=1S/C11H7BrClIN2O/c12-7-4-3-6(17-7)11-15-9(5-1-2-5)8(14)10(13)16-11/h3-5H,1-2H2. The number of aromatic nitrogens is 2. The van der Waals surface area contributed by atoms with Crippen molar-refractivity contribution in [2.24, 2.45) is 0 Å². The zero-order valence-corrected chi connectivity index (χ0v) is 13.1. The lowest BCUT2D eigenvalue weighted by atomic mass is 10.3. The zero-order chi connectivity index (χ0) is 12.0. The second-order valence-electron chi connectivity index (χ2n) is 3.92. The third-order valence-electron chi connectivity index (χ3n) is 2.59. The van der Waals surface area contributed by atoms with Gasteiger partial charge in [0.2, 0.25) is 0 Å². The minimum Gasteiger partial charge on any atom is -0.446 e. The van der Waals surface area contributed by atoms with Gasteiger partial charge in [0, 0.05) is 5.92 Å². The molecular weight excluding hydrogens is 418 g/mol. The number of nitrogens with zero attached hydrogens (tertiary/aromatic N) is 2. The summed E-state index contributed by atoms with van der Waals surface area (Å²) in [5.41, 5.74) is 1.05. The summed E-state index contributed by atoms with van der Waals surface area (Å²) in [6, 6.07) is 3.65. The van der Waals surface area contributed by atoms with Gasteiger partial charge >= 0.3 is 0 Å². The molecule has 0 saturated heterocycles. The van der Waals surface area contributed by atoms with Crippen LogP contribution in [0, 0.1) is 3.57 Å². The van der Waals surface area contributed by atoms with Gasteiger partial charge in [0.25, 0.3) is 0 Å². The van der Waals surface area contributed by atoms with Crippen LogP contribution in [0.15, 0.2) is 21.2 Å². The molecule has 0 amide bonds. The van der Waals surface area contributed by atoms with E-state index in [1.807, 2.05) is 12.1 Å². The molecule has 3 rings (SSSR count). The molecule has 1 saturated carbocycles. The average Bonchev–Trinajstić information content (AvgIpc) is 3.05. The highest BCUT2D eigenvalue weighted by Gasteiger charge is 2.29. The van der Waals surface area contributed by atoms with Gasteiger partial charge in [-0.2, -0.15) is 0 Å². The zero-order valence-electron chi connectivity index (χ0n) is 8.58. The molecule has 2 aromatic rings. The van der Waals surface area contributed by atoms with Crippen molar-refractivity contribution in [3.05, 3.63) is 31.2 Å². The van der Waals surface area contributed by atoms with Crippen LogP contribution in [0.2, 0.25) is 5.15 Å². The van der Waals surface area contributed by atoms with Crippen LogP contribution in [-0.4, -0.2) is 9.97 Å². The van der Waals surface area contributed by atoms with Crippen molar-refractivity contribution >= 4 is 50.1 Å².